The molecule has 3 N–H and O–H groups in total. The normalized spacial score (nSPS) is 12.4. The molecule has 0 bridgehead atoms. The molecule has 1 unspecified atom stereocenters. The minimum Gasteiger partial charge on any atom is -0.444 e. The Balaban J connectivity index is 2.73. The molecule has 0 saturated heterocycles. The zero-order chi connectivity index (χ0) is 17.1. The first-order valence-electron chi connectivity index (χ1n) is 6.79. The van der Waals surface area contributed by atoms with Gasteiger partial charge in [0, 0.05) is 7.05 Å². The van der Waals surface area contributed by atoms with Crippen molar-refractivity contribution in [3.63, 3.8) is 0 Å². The summed E-state index contributed by atoms with van der Waals surface area (Å²) in [6, 6.07) is 2.21. The van der Waals surface area contributed by atoms with Gasteiger partial charge >= 0.3 is 6.09 Å². The van der Waals surface area contributed by atoms with E-state index in [4.69, 9.17) is 18.3 Å². The summed E-state index contributed by atoms with van der Waals surface area (Å²) in [6.07, 6.45) is -0.588. The van der Waals surface area contributed by atoms with Gasteiger partial charge < -0.3 is 15.8 Å². The molecule has 0 aromatic carbocycles. The Hall–Kier alpha value is -2.25. The lowest BCUT2D eigenvalue weighted by atomic mass is 9.97. The molecule has 2 radical (unpaired) electrons. The van der Waals surface area contributed by atoms with Gasteiger partial charge in [-0.05, 0) is 39.8 Å². The van der Waals surface area contributed by atoms with Gasteiger partial charge in [-0.3, -0.25) is 9.69 Å². The average Bonchev–Trinajstić information content (AvgIpc) is 2.33. The van der Waals surface area contributed by atoms with Crippen LogP contribution in [-0.4, -0.2) is 48.4 Å². The summed E-state index contributed by atoms with van der Waals surface area (Å²) >= 11 is 0. The number of amides is 2. The topological polar surface area (TPSA) is 97.5 Å². The molecule has 0 fully saturated rings. The van der Waals surface area contributed by atoms with Crippen LogP contribution in [0.4, 0.5) is 16.4 Å². The van der Waals surface area contributed by atoms with Crippen LogP contribution >= 0.6 is 0 Å². The van der Waals surface area contributed by atoms with Gasteiger partial charge in [-0.1, -0.05) is 5.46 Å². The molecule has 0 aliphatic carbocycles. The van der Waals surface area contributed by atoms with Gasteiger partial charge in [-0.2, -0.15) is 0 Å². The fourth-order valence-electron chi connectivity index (χ4n) is 1.54. The van der Waals surface area contributed by atoms with Crippen LogP contribution in [0.5, 0.6) is 0 Å². The molecular formula is C14H21BN4O3. The lowest BCUT2D eigenvalue weighted by Gasteiger charge is -2.28. The predicted octanol–water partition coefficient (Wildman–Crippen LogP) is 0.651. The van der Waals surface area contributed by atoms with E-state index in [1.54, 1.807) is 27.7 Å². The summed E-state index contributed by atoms with van der Waals surface area (Å²) in [5.74, 6) is 0.00116. The maximum atomic E-state index is 12.2. The Bertz CT molecular complexity index is 551. The number of aromatic nitrogens is 1. The van der Waals surface area contributed by atoms with Crippen molar-refractivity contribution in [3.05, 3.63) is 12.1 Å². The van der Waals surface area contributed by atoms with Gasteiger partial charge in [0.05, 0.1) is 0 Å². The van der Waals surface area contributed by atoms with E-state index in [2.05, 4.69) is 10.3 Å². The van der Waals surface area contributed by atoms with Crippen LogP contribution < -0.4 is 16.5 Å². The molecule has 1 rings (SSSR count). The summed E-state index contributed by atoms with van der Waals surface area (Å²) in [6.45, 7) is 6.84. The molecular weight excluding hydrogens is 283 g/mol. The van der Waals surface area contributed by atoms with Gasteiger partial charge in [-0.25, -0.2) is 9.78 Å². The number of ether oxygens (including phenoxy) is 1. The standard InChI is InChI=1S/C14H21BN4O3/c1-8(19(5)13(21)22-14(2,3)4)12(20)18-11-7-9(15)6-10(16)17-11/h6-8H,1-5H3,(H3,16,17,18,20). The third-order valence-corrected chi connectivity index (χ3v) is 2.76. The van der Waals surface area contributed by atoms with Crippen molar-refractivity contribution in [2.45, 2.75) is 39.3 Å². The van der Waals surface area contributed by atoms with Crippen molar-refractivity contribution < 1.29 is 14.3 Å². The van der Waals surface area contributed by atoms with E-state index in [0.29, 0.717) is 5.46 Å². The Morgan fingerprint density at radius 3 is 2.50 bits per heavy atom. The number of nitrogens with one attached hydrogen (secondary N) is 1. The third-order valence-electron chi connectivity index (χ3n) is 2.76. The number of hydrogen-bond donors (Lipinski definition) is 2. The highest BCUT2D eigenvalue weighted by Crippen LogP contribution is 2.12. The molecule has 8 heteroatoms. The number of anilines is 2. The Morgan fingerprint density at radius 1 is 1.41 bits per heavy atom. The van der Waals surface area contributed by atoms with Gasteiger partial charge in [0.15, 0.2) is 0 Å². The highest BCUT2D eigenvalue weighted by atomic mass is 16.6. The largest absolute Gasteiger partial charge is 0.444 e. The van der Waals surface area contributed by atoms with Crippen molar-refractivity contribution >= 4 is 36.9 Å². The second-order valence-electron chi connectivity index (χ2n) is 5.97. The smallest absolute Gasteiger partial charge is 0.410 e. The minimum atomic E-state index is -0.751. The molecule has 0 saturated carbocycles. The highest BCUT2D eigenvalue weighted by molar-refractivity contribution is 6.32. The number of nitrogens with zero attached hydrogens (tertiary/aromatic N) is 2. The van der Waals surface area contributed by atoms with Crippen molar-refractivity contribution in [3.8, 4) is 0 Å². The van der Waals surface area contributed by atoms with Crippen LogP contribution in [0.2, 0.25) is 0 Å². The fourth-order valence-corrected chi connectivity index (χ4v) is 1.54. The molecule has 7 nitrogen and oxygen atoms in total. The minimum absolute atomic E-state index is 0.198. The molecule has 1 heterocycles. The Labute approximate surface area is 131 Å². The molecule has 0 spiro atoms. The first-order chi connectivity index (χ1) is 9.99. The molecule has 1 atom stereocenters. The van der Waals surface area contributed by atoms with Gasteiger partial charge in [0.1, 0.15) is 31.1 Å². The van der Waals surface area contributed by atoms with Crippen molar-refractivity contribution in [2.24, 2.45) is 0 Å². The van der Waals surface area contributed by atoms with Crippen LogP contribution in [0.3, 0.4) is 0 Å². The van der Waals surface area contributed by atoms with E-state index in [1.807, 2.05) is 0 Å². The molecule has 2 amide bonds. The number of carbonyl (C=O) groups excluding carboxylic acids is 2. The van der Waals surface area contributed by atoms with Crippen LogP contribution in [0, 0.1) is 0 Å². The van der Waals surface area contributed by atoms with Crippen LogP contribution in [-0.2, 0) is 9.53 Å². The number of likely N-dealkylation sites (N-methyl/N-ethyl adjacent to an activating group) is 1. The summed E-state index contributed by atoms with van der Waals surface area (Å²) in [4.78, 5) is 29.3. The fraction of sp³-hybridized carbons (Fsp3) is 0.500. The first-order valence-corrected chi connectivity index (χ1v) is 6.79. The van der Waals surface area contributed by atoms with E-state index in [1.165, 1.54) is 24.1 Å². The van der Waals surface area contributed by atoms with Crippen molar-refractivity contribution in [2.75, 3.05) is 18.1 Å². The van der Waals surface area contributed by atoms with E-state index < -0.39 is 23.6 Å². The molecule has 1 aromatic rings. The summed E-state index contributed by atoms with van der Waals surface area (Å²) in [5, 5.41) is 2.56. The van der Waals surface area contributed by atoms with Crippen LogP contribution in [0.25, 0.3) is 0 Å². The molecule has 1 aromatic heterocycles. The van der Waals surface area contributed by atoms with Gasteiger partial charge in [-0.15, -0.1) is 0 Å². The second-order valence-corrected chi connectivity index (χ2v) is 5.97. The molecule has 0 aliphatic rings. The van der Waals surface area contributed by atoms with Gasteiger partial charge in [0.25, 0.3) is 0 Å². The van der Waals surface area contributed by atoms with E-state index in [0.717, 1.165) is 0 Å². The van der Waals surface area contributed by atoms with Crippen molar-refractivity contribution in [1.29, 1.82) is 0 Å². The maximum absolute atomic E-state index is 12.2. The summed E-state index contributed by atoms with van der Waals surface area (Å²) < 4.78 is 5.21. The number of carbonyl (C=O) groups is 2. The molecule has 0 aliphatic heterocycles. The van der Waals surface area contributed by atoms with Crippen molar-refractivity contribution in [1.82, 2.24) is 9.88 Å². The number of hydrogen-bond acceptors (Lipinski definition) is 5. The van der Waals surface area contributed by atoms with Gasteiger partial charge in [0.2, 0.25) is 5.91 Å². The molecule has 22 heavy (non-hydrogen) atoms. The number of pyridine rings is 1. The first kappa shape index (κ1) is 17.8. The number of rotatable bonds is 3. The predicted molar refractivity (Wildman–Crippen MR) is 86.1 cm³/mol. The SMILES string of the molecule is [B]c1cc(N)nc(NC(=O)C(C)N(C)C(=O)OC(C)(C)C)c1. The quantitative estimate of drug-likeness (QED) is 0.799. The van der Waals surface area contributed by atoms with Crippen LogP contribution in [0.15, 0.2) is 12.1 Å². The zero-order valence-corrected chi connectivity index (χ0v) is 13.5. The highest BCUT2D eigenvalue weighted by Gasteiger charge is 2.27. The number of nitrogen functional groups attached to an aromatic ring is 1. The van der Waals surface area contributed by atoms with E-state index in [9.17, 15) is 9.59 Å². The monoisotopic (exact) mass is 304 g/mol. The third kappa shape index (κ3) is 5.27. The summed E-state index contributed by atoms with van der Waals surface area (Å²) in [7, 11) is 7.12. The lowest BCUT2D eigenvalue weighted by Crippen LogP contribution is -2.45. The van der Waals surface area contributed by atoms with E-state index in [-0.39, 0.29) is 11.6 Å². The maximum Gasteiger partial charge on any atom is 0.410 e. The lowest BCUT2D eigenvalue weighted by molar-refractivity contribution is -0.120. The number of nitrogens with two attached hydrogens (primary N) is 1. The van der Waals surface area contributed by atoms with E-state index >= 15 is 0 Å². The molecule has 118 valence electrons. The Morgan fingerprint density at radius 2 is 2.00 bits per heavy atom. The zero-order valence-electron chi connectivity index (χ0n) is 13.5. The summed E-state index contributed by atoms with van der Waals surface area (Å²) in [5.41, 5.74) is 5.31. The van der Waals surface area contributed by atoms with Crippen LogP contribution in [0.1, 0.15) is 27.7 Å². The average molecular weight is 304 g/mol. The Kier molecular flexibility index (Phi) is 5.40. The second kappa shape index (κ2) is 6.68.